The van der Waals surface area contributed by atoms with E-state index in [1.54, 1.807) is 0 Å². The molecular formula is C19H30N2O4. The molecule has 1 aromatic carbocycles. The van der Waals surface area contributed by atoms with Crippen molar-refractivity contribution in [2.75, 3.05) is 20.7 Å². The van der Waals surface area contributed by atoms with Crippen LogP contribution in [0.3, 0.4) is 0 Å². The van der Waals surface area contributed by atoms with Crippen molar-refractivity contribution in [3.05, 3.63) is 23.4 Å². The van der Waals surface area contributed by atoms with E-state index in [4.69, 9.17) is 9.47 Å². The summed E-state index contributed by atoms with van der Waals surface area (Å²) in [6, 6.07) is 3.91. The molecule has 2 rings (SSSR count). The van der Waals surface area contributed by atoms with E-state index in [-0.39, 0.29) is 11.8 Å². The monoisotopic (exact) mass is 350 g/mol. The van der Waals surface area contributed by atoms with Gasteiger partial charge in [0.1, 0.15) is 5.75 Å². The topological polar surface area (TPSA) is 83.6 Å². The first-order chi connectivity index (χ1) is 11.9. The van der Waals surface area contributed by atoms with Crippen LogP contribution < -0.4 is 14.8 Å². The van der Waals surface area contributed by atoms with Crippen molar-refractivity contribution in [2.24, 2.45) is 0 Å². The van der Waals surface area contributed by atoms with Gasteiger partial charge < -0.3 is 24.9 Å². The highest BCUT2D eigenvalue weighted by Gasteiger charge is 2.22. The minimum absolute atomic E-state index is 0.00231. The Bertz CT molecular complexity index is 692. The number of nitrogens with one attached hydrogen (secondary N) is 2. The van der Waals surface area contributed by atoms with Crippen LogP contribution in [0, 0.1) is 0 Å². The van der Waals surface area contributed by atoms with Gasteiger partial charge in [-0.2, -0.15) is 0 Å². The average Bonchev–Trinajstić information content (AvgIpc) is 2.92. The molecule has 25 heavy (non-hydrogen) atoms. The maximum Gasteiger partial charge on any atom is 0.356 e. The summed E-state index contributed by atoms with van der Waals surface area (Å²) in [4.78, 5) is 14.4. The van der Waals surface area contributed by atoms with Crippen molar-refractivity contribution in [3.8, 4) is 11.5 Å². The number of fused-ring (bicyclic) bond motifs is 1. The summed E-state index contributed by atoms with van der Waals surface area (Å²) in [5.41, 5.74) is 1.90. The number of carboxylic acids is 1. The molecule has 0 unspecified atom stereocenters. The van der Waals surface area contributed by atoms with E-state index in [0.29, 0.717) is 23.5 Å². The maximum absolute atomic E-state index is 11.5. The van der Waals surface area contributed by atoms with Gasteiger partial charge in [-0.1, -0.05) is 13.8 Å². The number of rotatable bonds is 7. The Balaban J connectivity index is 0.000000970. The summed E-state index contributed by atoms with van der Waals surface area (Å²) in [7, 11) is 3.75. The molecule has 0 atom stereocenters. The van der Waals surface area contributed by atoms with Gasteiger partial charge in [-0.25, -0.2) is 4.79 Å². The molecule has 0 radical (unpaired) electrons. The molecule has 2 aromatic rings. The van der Waals surface area contributed by atoms with Crippen LogP contribution in [0.4, 0.5) is 0 Å². The van der Waals surface area contributed by atoms with E-state index in [2.05, 4.69) is 17.2 Å². The van der Waals surface area contributed by atoms with E-state index in [1.165, 1.54) is 0 Å². The van der Waals surface area contributed by atoms with Gasteiger partial charge in [0.2, 0.25) is 0 Å². The average molecular weight is 350 g/mol. The predicted octanol–water partition coefficient (Wildman–Crippen LogP) is 3.84. The molecule has 140 valence electrons. The number of hydrogen-bond acceptors (Lipinski definition) is 4. The van der Waals surface area contributed by atoms with Gasteiger partial charge in [-0.3, -0.25) is 0 Å². The van der Waals surface area contributed by atoms with Crippen molar-refractivity contribution < 1.29 is 19.4 Å². The van der Waals surface area contributed by atoms with Gasteiger partial charge in [-0.15, -0.1) is 0 Å². The van der Waals surface area contributed by atoms with Crippen LogP contribution in [0.5, 0.6) is 11.5 Å². The highest BCUT2D eigenvalue weighted by Crippen LogP contribution is 2.39. The number of aromatic nitrogens is 1. The van der Waals surface area contributed by atoms with E-state index in [1.807, 2.05) is 47.0 Å². The number of hydrogen-bond donors (Lipinski definition) is 3. The molecule has 6 heteroatoms. The molecule has 0 bridgehead atoms. The lowest BCUT2D eigenvalue weighted by atomic mass is 10.1. The molecule has 0 amide bonds. The number of aromatic carboxylic acids is 1. The zero-order chi connectivity index (χ0) is 19.0. The first-order valence-corrected chi connectivity index (χ1v) is 8.69. The minimum Gasteiger partial charge on any atom is -0.490 e. The van der Waals surface area contributed by atoms with Crippen LogP contribution in [0.1, 0.15) is 50.2 Å². The summed E-state index contributed by atoms with van der Waals surface area (Å²) < 4.78 is 11.6. The second-order valence-corrected chi connectivity index (χ2v) is 6.02. The fourth-order valence-corrected chi connectivity index (χ4v) is 2.37. The standard InChI is InChI=1S/C17H23NO4.C2H7N/c1-5-7-21-16-14-12(18-15(16)17(19)20)8-11(6-2)9-13(14)22-10(3)4;1-3-2/h8-10,18H,5-7H2,1-4H3,(H,19,20);3H,1-2H3. The quantitative estimate of drug-likeness (QED) is 0.706. The highest BCUT2D eigenvalue weighted by molar-refractivity contribution is 6.03. The van der Waals surface area contributed by atoms with E-state index < -0.39 is 5.97 Å². The van der Waals surface area contributed by atoms with Crippen molar-refractivity contribution >= 4 is 16.9 Å². The molecule has 0 aliphatic heterocycles. The number of carboxylic acid groups (broad SMARTS) is 1. The van der Waals surface area contributed by atoms with Crippen molar-refractivity contribution in [1.82, 2.24) is 10.3 Å². The molecule has 3 N–H and O–H groups in total. The fraction of sp³-hybridized carbons (Fsp3) is 0.526. The van der Waals surface area contributed by atoms with Gasteiger partial charge in [0.05, 0.1) is 23.6 Å². The zero-order valence-corrected chi connectivity index (χ0v) is 16.0. The lowest BCUT2D eigenvalue weighted by Crippen LogP contribution is -2.07. The number of ether oxygens (including phenoxy) is 2. The Kier molecular flexibility index (Phi) is 8.28. The van der Waals surface area contributed by atoms with Crippen LogP contribution >= 0.6 is 0 Å². The molecule has 0 aliphatic carbocycles. The molecule has 0 spiro atoms. The van der Waals surface area contributed by atoms with Crippen LogP contribution in [-0.2, 0) is 6.42 Å². The third-order valence-corrected chi connectivity index (χ3v) is 3.31. The zero-order valence-electron chi connectivity index (χ0n) is 16.0. The lowest BCUT2D eigenvalue weighted by molar-refractivity contribution is 0.0687. The van der Waals surface area contributed by atoms with Gasteiger partial charge in [0.25, 0.3) is 0 Å². The molecule has 0 aliphatic rings. The predicted molar refractivity (Wildman–Crippen MR) is 101 cm³/mol. The smallest absolute Gasteiger partial charge is 0.356 e. The van der Waals surface area contributed by atoms with E-state index in [9.17, 15) is 9.90 Å². The molecule has 0 saturated heterocycles. The lowest BCUT2D eigenvalue weighted by Gasteiger charge is -2.14. The molecule has 1 aromatic heterocycles. The molecule has 0 fully saturated rings. The van der Waals surface area contributed by atoms with E-state index in [0.717, 1.165) is 23.9 Å². The highest BCUT2D eigenvalue weighted by atomic mass is 16.5. The maximum atomic E-state index is 11.5. The Hall–Kier alpha value is -2.21. The molecule has 6 nitrogen and oxygen atoms in total. The molecular weight excluding hydrogens is 320 g/mol. The summed E-state index contributed by atoms with van der Waals surface area (Å²) in [6.07, 6.45) is 1.65. The summed E-state index contributed by atoms with van der Waals surface area (Å²) in [6.45, 7) is 8.39. The normalized spacial score (nSPS) is 10.5. The molecule has 0 saturated carbocycles. The second kappa shape index (κ2) is 9.93. The first-order valence-electron chi connectivity index (χ1n) is 8.69. The van der Waals surface area contributed by atoms with Gasteiger partial charge in [-0.05, 0) is 58.5 Å². The number of aromatic amines is 1. The van der Waals surface area contributed by atoms with Crippen LogP contribution in [0.15, 0.2) is 12.1 Å². The van der Waals surface area contributed by atoms with Gasteiger partial charge in [0, 0.05) is 0 Å². The minimum atomic E-state index is -1.03. The second-order valence-electron chi connectivity index (χ2n) is 6.02. The number of carbonyl (C=O) groups is 1. The summed E-state index contributed by atoms with van der Waals surface area (Å²) >= 11 is 0. The summed E-state index contributed by atoms with van der Waals surface area (Å²) in [5, 5.41) is 12.9. The third-order valence-electron chi connectivity index (χ3n) is 3.31. The Labute approximate surface area is 149 Å². The Morgan fingerprint density at radius 2 is 1.92 bits per heavy atom. The first kappa shape index (κ1) is 20.8. The largest absolute Gasteiger partial charge is 0.490 e. The van der Waals surface area contributed by atoms with Crippen molar-refractivity contribution in [2.45, 2.75) is 46.6 Å². The SMILES string of the molecule is CCCOc1c(C(=O)O)[nH]c2cc(CC)cc(OC(C)C)c12.CNC. The van der Waals surface area contributed by atoms with Gasteiger partial charge >= 0.3 is 5.97 Å². The number of H-pyrrole nitrogens is 1. The van der Waals surface area contributed by atoms with Crippen LogP contribution in [0.2, 0.25) is 0 Å². The van der Waals surface area contributed by atoms with Crippen LogP contribution in [0.25, 0.3) is 10.9 Å². The number of benzene rings is 1. The third kappa shape index (κ3) is 5.39. The van der Waals surface area contributed by atoms with Gasteiger partial charge in [0.15, 0.2) is 11.4 Å². The number of aryl methyl sites for hydroxylation is 1. The summed E-state index contributed by atoms with van der Waals surface area (Å²) in [5.74, 6) is -0.00213. The van der Waals surface area contributed by atoms with Crippen molar-refractivity contribution in [3.63, 3.8) is 0 Å². The van der Waals surface area contributed by atoms with E-state index >= 15 is 0 Å². The Morgan fingerprint density at radius 3 is 2.40 bits per heavy atom. The van der Waals surface area contributed by atoms with Crippen LogP contribution in [-0.4, -0.2) is 42.9 Å². The van der Waals surface area contributed by atoms with Crippen molar-refractivity contribution in [1.29, 1.82) is 0 Å². The fourth-order valence-electron chi connectivity index (χ4n) is 2.37. The Morgan fingerprint density at radius 1 is 1.28 bits per heavy atom. The molecule has 1 heterocycles.